The molecule has 0 bridgehead atoms. The monoisotopic (exact) mass is 1020 g/mol. The summed E-state index contributed by atoms with van der Waals surface area (Å²) in [6, 6.07) is 105. The van der Waals surface area contributed by atoms with E-state index in [1.807, 2.05) is 12.1 Å². The molecule has 354 valence electrons. The third kappa shape index (κ3) is 7.48. The van der Waals surface area contributed by atoms with Crippen molar-refractivity contribution in [1.82, 2.24) is 9.13 Å². The molecule has 14 rings (SSSR count). The second kappa shape index (κ2) is 18.4. The van der Waals surface area contributed by atoms with Crippen LogP contribution in [-0.4, -0.2) is 22.4 Å². The van der Waals surface area contributed by atoms with E-state index in [4.69, 9.17) is 0 Å². The summed E-state index contributed by atoms with van der Waals surface area (Å²) in [6.45, 7) is 0. The van der Waals surface area contributed by atoms with Crippen molar-refractivity contribution in [2.75, 3.05) is 4.90 Å². The van der Waals surface area contributed by atoms with Crippen molar-refractivity contribution in [3.63, 3.8) is 0 Å². The zero-order valence-electron chi connectivity index (χ0n) is 40.9. The van der Waals surface area contributed by atoms with Crippen molar-refractivity contribution >= 4 is 102 Å². The number of anilines is 3. The third-order valence-electron chi connectivity index (χ3n) is 15.3. The van der Waals surface area contributed by atoms with Crippen LogP contribution in [-0.2, 0) is 0 Å². The number of aromatic nitrogens is 2. The summed E-state index contributed by atoms with van der Waals surface area (Å²) >= 11 is -3.45. The molecule has 0 saturated heterocycles. The molecule has 2 heterocycles. The van der Waals surface area contributed by atoms with E-state index in [1.165, 1.54) is 51.4 Å². The van der Waals surface area contributed by atoms with Gasteiger partial charge in [-0.2, -0.15) is 0 Å². The molecule has 0 aliphatic rings. The molecule has 0 saturated carbocycles. The van der Waals surface area contributed by atoms with Crippen molar-refractivity contribution in [1.29, 1.82) is 0 Å². The minimum Gasteiger partial charge on any atom is -0.0359 e. The van der Waals surface area contributed by atoms with Gasteiger partial charge in [-0.3, -0.25) is 0 Å². The number of para-hydroxylation sites is 2. The Labute approximate surface area is 437 Å². The van der Waals surface area contributed by atoms with Gasteiger partial charge in [-0.1, -0.05) is 54.6 Å². The van der Waals surface area contributed by atoms with E-state index in [0.29, 0.717) is 0 Å². The molecule has 75 heavy (non-hydrogen) atoms. The number of nitrogens with zero attached hydrogens (tertiary/aromatic N) is 3. The van der Waals surface area contributed by atoms with Crippen LogP contribution < -0.4 is 22.5 Å². The minimum atomic E-state index is -3.45. The Bertz CT molecular complexity index is 4300. The molecule has 12 aromatic carbocycles. The summed E-state index contributed by atoms with van der Waals surface area (Å²) in [5.41, 5.74) is 11.9. The van der Waals surface area contributed by atoms with Crippen LogP contribution in [0.2, 0.25) is 0 Å². The molecule has 5 heteroatoms. The van der Waals surface area contributed by atoms with Crippen molar-refractivity contribution in [3.8, 4) is 22.5 Å². The predicted octanol–water partition coefficient (Wildman–Crippen LogP) is 15.7. The molecule has 0 amide bonds. The zero-order chi connectivity index (χ0) is 49.9. The standard InChI is InChI=1S/C70H48FGeN3/c71-53-33-38-59(39-34-53)75-67-28-16-15-27-63(67)65-47-61(40-43-69(65)75)73(60-37-31-49-17-13-14-18-51(49)45-60)62-41-44-70-66(48-62)64-46-52(32-42-68(64)74(70)58-25-11-4-12-26-58)50-29-35-57(36-30-50)72(54-19-5-1-6-20-54,55-21-7-2-8-22-55)56-23-9-3-10-24-56/h1-48H. The van der Waals surface area contributed by atoms with Crippen LogP contribution in [0.25, 0.3) is 76.9 Å². The second-order valence-electron chi connectivity index (χ2n) is 19.4. The first-order chi connectivity index (χ1) is 37.1. The molecular weight excluding hydrogens is 974 g/mol. The van der Waals surface area contributed by atoms with E-state index in [-0.39, 0.29) is 5.82 Å². The molecule has 0 N–H and O–H groups in total. The van der Waals surface area contributed by atoms with Crippen molar-refractivity contribution < 1.29 is 4.39 Å². The van der Waals surface area contributed by atoms with Gasteiger partial charge >= 0.3 is 272 Å². The first-order valence-electron chi connectivity index (χ1n) is 25.6. The van der Waals surface area contributed by atoms with Gasteiger partial charge in [0.25, 0.3) is 0 Å². The van der Waals surface area contributed by atoms with E-state index in [2.05, 4.69) is 281 Å². The number of rotatable bonds is 10. The van der Waals surface area contributed by atoms with Crippen LogP contribution in [0, 0.1) is 5.82 Å². The number of hydrogen-bond acceptors (Lipinski definition) is 1. The van der Waals surface area contributed by atoms with Crippen LogP contribution >= 0.6 is 0 Å². The van der Waals surface area contributed by atoms with Crippen LogP contribution in [0.3, 0.4) is 0 Å². The van der Waals surface area contributed by atoms with Gasteiger partial charge in [0.15, 0.2) is 0 Å². The molecule has 0 spiro atoms. The largest absolute Gasteiger partial charge is 0.0542 e. The van der Waals surface area contributed by atoms with Crippen molar-refractivity contribution in [3.05, 3.63) is 297 Å². The maximum atomic E-state index is 14.3. The van der Waals surface area contributed by atoms with Crippen LogP contribution in [0.15, 0.2) is 291 Å². The summed E-state index contributed by atoms with van der Waals surface area (Å²) < 4.78 is 24.5. The van der Waals surface area contributed by atoms with E-state index < -0.39 is 13.3 Å². The van der Waals surface area contributed by atoms with Gasteiger partial charge in [-0.25, -0.2) is 4.39 Å². The van der Waals surface area contributed by atoms with Gasteiger partial charge in [0, 0.05) is 16.5 Å². The molecular formula is C70H48FGeN3. The number of benzene rings is 12. The van der Waals surface area contributed by atoms with Gasteiger partial charge in [0.1, 0.15) is 5.82 Å². The van der Waals surface area contributed by atoms with E-state index in [0.717, 1.165) is 72.2 Å². The molecule has 2 aromatic heterocycles. The quantitative estimate of drug-likeness (QED) is 0.124. The average Bonchev–Trinajstić information content (AvgIpc) is 4.03. The Morgan fingerprint density at radius 3 is 1.29 bits per heavy atom. The van der Waals surface area contributed by atoms with Crippen molar-refractivity contribution in [2.24, 2.45) is 0 Å². The third-order valence-corrected chi connectivity index (χ3v) is 25.3. The zero-order valence-corrected chi connectivity index (χ0v) is 43.0. The maximum absolute atomic E-state index is 14.3. The molecule has 0 atom stereocenters. The fourth-order valence-electron chi connectivity index (χ4n) is 11.9. The topological polar surface area (TPSA) is 13.1 Å². The minimum absolute atomic E-state index is 0.253. The molecule has 0 aliphatic carbocycles. The Hall–Kier alpha value is -9.23. The maximum Gasteiger partial charge on any atom is 0.0542 e. The Balaban J connectivity index is 0.954. The summed E-state index contributed by atoms with van der Waals surface area (Å²) in [7, 11) is 0. The number of halogens is 1. The summed E-state index contributed by atoms with van der Waals surface area (Å²) in [5.74, 6) is -0.253. The number of hydrogen-bond donors (Lipinski definition) is 0. The Kier molecular flexibility index (Phi) is 10.9. The molecule has 0 aliphatic heterocycles. The predicted molar refractivity (Wildman–Crippen MR) is 316 cm³/mol. The first kappa shape index (κ1) is 44.5. The van der Waals surface area contributed by atoms with Crippen LogP contribution in [0.1, 0.15) is 0 Å². The molecule has 0 fully saturated rings. The summed E-state index contributed by atoms with van der Waals surface area (Å²) in [6.07, 6.45) is 0. The van der Waals surface area contributed by atoms with E-state index in [1.54, 1.807) is 0 Å². The summed E-state index contributed by atoms with van der Waals surface area (Å²) in [5, 5.41) is 6.95. The molecule has 0 unspecified atom stereocenters. The van der Waals surface area contributed by atoms with Crippen LogP contribution in [0.5, 0.6) is 0 Å². The van der Waals surface area contributed by atoms with E-state index >= 15 is 0 Å². The average molecular weight is 1020 g/mol. The molecule has 3 nitrogen and oxygen atoms in total. The normalized spacial score (nSPS) is 11.8. The molecule has 0 radical (unpaired) electrons. The second-order valence-corrected chi connectivity index (χ2v) is 27.4. The smallest absolute Gasteiger partial charge is 0.0359 e. The van der Waals surface area contributed by atoms with E-state index in [9.17, 15) is 4.39 Å². The molecule has 14 aromatic rings. The van der Waals surface area contributed by atoms with Gasteiger partial charge in [-0.05, 0) is 71.4 Å². The number of fused-ring (bicyclic) bond motifs is 7. The fourth-order valence-corrected chi connectivity index (χ4v) is 21.8. The fraction of sp³-hybridized carbons (Fsp3) is 0. The van der Waals surface area contributed by atoms with Gasteiger partial charge in [0.2, 0.25) is 0 Å². The van der Waals surface area contributed by atoms with Crippen molar-refractivity contribution in [2.45, 2.75) is 0 Å². The van der Waals surface area contributed by atoms with Gasteiger partial charge in [-0.15, -0.1) is 0 Å². The SMILES string of the molecule is Fc1ccc(-n2c3ccccc3c3cc(N(c4ccc5ccccc5c4)c4ccc5c(c4)c4cc(-c6cc[c]([Ge]([c]7ccccc7)([c]7ccccc7)[c]7ccccc7)cc6)ccc4n5-c4ccccc4)ccc32)cc1. The summed E-state index contributed by atoms with van der Waals surface area (Å²) in [4.78, 5) is 2.40. The van der Waals surface area contributed by atoms with Gasteiger partial charge in [0.05, 0.1) is 11.0 Å². The Morgan fingerprint density at radius 2 is 0.693 bits per heavy atom. The first-order valence-corrected chi connectivity index (χ1v) is 29.8. The Morgan fingerprint density at radius 1 is 0.280 bits per heavy atom. The van der Waals surface area contributed by atoms with Gasteiger partial charge < -0.3 is 4.57 Å². The van der Waals surface area contributed by atoms with Crippen LogP contribution in [0.4, 0.5) is 21.5 Å².